The van der Waals surface area contributed by atoms with E-state index in [1.165, 1.54) is 12.0 Å². The molecule has 2 unspecified atom stereocenters. The number of amides is 2. The second-order valence-electron chi connectivity index (χ2n) is 5.52. The summed E-state index contributed by atoms with van der Waals surface area (Å²) in [5.74, 6) is -0.980. The van der Waals surface area contributed by atoms with Gasteiger partial charge in [-0.1, -0.05) is 7.39 Å². The Labute approximate surface area is 154 Å². The van der Waals surface area contributed by atoms with E-state index in [2.05, 4.69) is 32.7 Å². The summed E-state index contributed by atoms with van der Waals surface area (Å²) < 4.78 is 6.25. The number of hydrogen-bond donors (Lipinski definition) is 1. The molecule has 0 aromatic heterocycles. The number of carbonyl (C=O) groups is 3. The van der Waals surface area contributed by atoms with Crippen LogP contribution in [-0.4, -0.2) is 59.5 Å². The molecule has 2 aliphatic rings. The highest BCUT2D eigenvalue weighted by atomic mass is 127. The van der Waals surface area contributed by atoms with E-state index in [-0.39, 0.29) is 24.8 Å². The van der Waals surface area contributed by atoms with Gasteiger partial charge in [-0.25, -0.2) is 9.10 Å². The Bertz CT molecular complexity index is 631. The number of carbonyl (C=O) groups excluding carboxylic acids is 3. The van der Waals surface area contributed by atoms with Crippen LogP contribution in [0.4, 0.5) is 0 Å². The lowest BCUT2D eigenvalue weighted by molar-refractivity contribution is -0.150. The third kappa shape index (κ3) is 3.77. The molecule has 2 amide bonds. The second-order valence-corrected chi connectivity index (χ2v) is 13.1. The summed E-state index contributed by atoms with van der Waals surface area (Å²) in [6.07, 6.45) is 7.14. The highest BCUT2D eigenvalue weighted by molar-refractivity contribution is 14.2. The fourth-order valence-electron chi connectivity index (χ4n) is 2.63. The predicted octanol–water partition coefficient (Wildman–Crippen LogP) is 0.994. The number of halogens is 1. The van der Waals surface area contributed by atoms with E-state index in [9.17, 15) is 14.4 Å². The smallest absolute Gasteiger partial charge is 0.328 e. The normalized spacial score (nSPS) is 28.1. The van der Waals surface area contributed by atoms with Crippen molar-refractivity contribution in [2.45, 2.75) is 25.3 Å². The maximum atomic E-state index is 12.2. The Morgan fingerprint density at radius 1 is 1.54 bits per heavy atom. The molecule has 132 valence electrons. The average molecular weight is 466 g/mol. The van der Waals surface area contributed by atoms with Gasteiger partial charge in [-0.2, -0.15) is 5.26 Å². The lowest BCUT2D eigenvalue weighted by atomic mass is 10.2. The minimum atomic E-state index is -1.40. The molecule has 0 saturated carbocycles. The number of nitriles is 1. The van der Waals surface area contributed by atoms with Crippen molar-refractivity contribution in [1.82, 2.24) is 14.5 Å². The summed E-state index contributed by atoms with van der Waals surface area (Å²) in [6.45, 7) is 0.349. The number of methoxy groups -OCH3 is 1. The van der Waals surface area contributed by atoms with Crippen LogP contribution in [0.25, 0.3) is 0 Å². The molecule has 0 aromatic rings. The van der Waals surface area contributed by atoms with Crippen LogP contribution in [0.5, 0.6) is 0 Å². The Hall–Kier alpha value is -1.48. The molecule has 1 fully saturated rings. The van der Waals surface area contributed by atoms with Crippen LogP contribution in [0.1, 0.15) is 19.3 Å². The fourth-order valence-corrected chi connectivity index (χ4v) is 5.31. The Morgan fingerprint density at radius 2 is 2.25 bits per heavy atom. The zero-order chi connectivity index (χ0) is 17.9. The summed E-state index contributed by atoms with van der Waals surface area (Å²) in [5, 5.41) is 11.5. The molecule has 0 bridgehead atoms. The van der Waals surface area contributed by atoms with E-state index < -0.39 is 19.4 Å². The molecule has 1 saturated heterocycles. The molecule has 24 heavy (non-hydrogen) atoms. The van der Waals surface area contributed by atoms with E-state index >= 15 is 0 Å². The van der Waals surface area contributed by atoms with Gasteiger partial charge in [-0.05, 0) is 19.1 Å². The van der Waals surface area contributed by atoms with Crippen molar-refractivity contribution in [1.29, 1.82) is 5.26 Å². The van der Waals surface area contributed by atoms with Gasteiger partial charge in [0.15, 0.2) is 6.19 Å². The van der Waals surface area contributed by atoms with Crippen LogP contribution < -0.4 is 5.32 Å². The molecule has 10 heteroatoms. The maximum Gasteiger partial charge on any atom is 0.328 e. The minimum Gasteiger partial charge on any atom is -0.467 e. The highest BCUT2D eigenvalue weighted by Gasteiger charge is 2.37. The molecule has 2 atom stereocenters. The van der Waals surface area contributed by atoms with Crippen molar-refractivity contribution in [3.8, 4) is 6.19 Å². The summed E-state index contributed by atoms with van der Waals surface area (Å²) >= 11 is 2.18. The summed E-state index contributed by atoms with van der Waals surface area (Å²) in [7, 11) is -0.103. The van der Waals surface area contributed by atoms with Crippen molar-refractivity contribution in [3.05, 3.63) is 11.1 Å². The number of esters is 1. The SMILES string of the molecule is COC(=O)C1CCCN1C(=O)CNC(=O)CC1=CN(C#N)S1(C)I. The monoisotopic (exact) mass is 466 g/mol. The summed E-state index contributed by atoms with van der Waals surface area (Å²) in [6, 6.07) is -0.556. The largest absolute Gasteiger partial charge is 0.467 e. The first kappa shape index (κ1) is 18.9. The van der Waals surface area contributed by atoms with Gasteiger partial charge in [0.1, 0.15) is 6.04 Å². The predicted molar refractivity (Wildman–Crippen MR) is 97.4 cm³/mol. The van der Waals surface area contributed by atoms with Crippen LogP contribution in [0.3, 0.4) is 0 Å². The zero-order valence-corrected chi connectivity index (χ0v) is 16.4. The van der Waals surface area contributed by atoms with Crippen LogP contribution in [0, 0.1) is 11.5 Å². The molecular formula is C14H19IN4O4S. The third-order valence-electron chi connectivity index (χ3n) is 4.03. The van der Waals surface area contributed by atoms with Crippen molar-refractivity contribution in [2.24, 2.45) is 0 Å². The van der Waals surface area contributed by atoms with Gasteiger partial charge in [0, 0.05) is 38.9 Å². The van der Waals surface area contributed by atoms with E-state index in [1.54, 1.807) is 10.5 Å². The molecule has 2 rings (SSSR count). The standard InChI is InChI=1S/C14H19IN4O4S/c1-23-14(22)11-4-3-5-19(11)13(21)7-17-12(20)6-10-8-18(9-16)24(10,2)15/h8,11H,3-7H2,1-2H3,(H,17,20). The van der Waals surface area contributed by atoms with E-state index in [4.69, 9.17) is 10.00 Å². The van der Waals surface area contributed by atoms with E-state index in [1.807, 2.05) is 6.26 Å². The number of hydrogen-bond acceptors (Lipinski definition) is 6. The van der Waals surface area contributed by atoms with Gasteiger partial charge in [0.05, 0.1) is 20.1 Å². The molecule has 0 radical (unpaired) electrons. The van der Waals surface area contributed by atoms with E-state index in [0.717, 1.165) is 11.3 Å². The van der Waals surface area contributed by atoms with Crippen molar-refractivity contribution >= 4 is 46.4 Å². The Balaban J connectivity index is 1.83. The first-order chi connectivity index (χ1) is 11.3. The molecule has 1 N–H and O–H groups in total. The molecule has 2 heterocycles. The molecule has 8 nitrogen and oxygen atoms in total. The second kappa shape index (κ2) is 7.60. The molecular weight excluding hydrogens is 447 g/mol. The number of ether oxygens (including phenoxy) is 1. The number of likely N-dealkylation sites (tertiary alicyclic amines) is 1. The van der Waals surface area contributed by atoms with Crippen LogP contribution >= 0.6 is 28.6 Å². The molecule has 0 aromatic carbocycles. The minimum absolute atomic E-state index is 0.144. The molecule has 0 spiro atoms. The molecule has 2 aliphatic heterocycles. The zero-order valence-electron chi connectivity index (χ0n) is 13.5. The summed E-state index contributed by atoms with van der Waals surface area (Å²) in [4.78, 5) is 38.2. The van der Waals surface area contributed by atoms with Crippen molar-refractivity contribution in [2.75, 3.05) is 26.5 Å². The quantitative estimate of drug-likeness (QED) is 0.369. The van der Waals surface area contributed by atoms with Gasteiger partial charge in [-0.3, -0.25) is 9.59 Å². The summed E-state index contributed by atoms with van der Waals surface area (Å²) in [5.41, 5.74) is 0. The molecule has 0 aliphatic carbocycles. The van der Waals surface area contributed by atoms with Crippen LogP contribution in [0.2, 0.25) is 0 Å². The van der Waals surface area contributed by atoms with Gasteiger partial charge >= 0.3 is 5.97 Å². The van der Waals surface area contributed by atoms with Gasteiger partial charge in [0.25, 0.3) is 0 Å². The highest BCUT2D eigenvalue weighted by Crippen LogP contribution is 2.69. The number of rotatable bonds is 5. The topological polar surface area (TPSA) is 103 Å². The van der Waals surface area contributed by atoms with Crippen molar-refractivity contribution < 1.29 is 19.1 Å². The Morgan fingerprint density at radius 3 is 2.83 bits per heavy atom. The average Bonchev–Trinajstić information content (AvgIpc) is 3.04. The number of nitrogens with one attached hydrogen (secondary N) is 1. The maximum absolute atomic E-state index is 12.2. The van der Waals surface area contributed by atoms with Gasteiger partial charge in [0.2, 0.25) is 11.8 Å². The van der Waals surface area contributed by atoms with Crippen LogP contribution in [0.15, 0.2) is 11.1 Å². The lowest BCUT2D eigenvalue weighted by Gasteiger charge is -2.45. The first-order valence-corrected chi connectivity index (χ1v) is 11.9. The van der Waals surface area contributed by atoms with E-state index in [0.29, 0.717) is 13.0 Å². The van der Waals surface area contributed by atoms with Crippen LogP contribution in [-0.2, 0) is 19.1 Å². The van der Waals surface area contributed by atoms with Gasteiger partial charge in [-0.15, -0.1) is 0 Å². The first-order valence-electron chi connectivity index (χ1n) is 7.33. The van der Waals surface area contributed by atoms with Crippen molar-refractivity contribution in [3.63, 3.8) is 0 Å². The fraction of sp³-hybridized carbons (Fsp3) is 0.571. The number of nitrogens with zero attached hydrogens (tertiary/aromatic N) is 3. The Kier molecular flexibility index (Phi) is 5.97. The third-order valence-corrected chi connectivity index (χ3v) is 9.13. The lowest BCUT2D eigenvalue weighted by Crippen LogP contribution is -2.46. The van der Waals surface area contributed by atoms with Gasteiger partial charge < -0.3 is 15.0 Å².